The van der Waals surface area contributed by atoms with Gasteiger partial charge in [-0.15, -0.1) is 0 Å². The zero-order chi connectivity index (χ0) is 21.2. The van der Waals surface area contributed by atoms with E-state index >= 15 is 0 Å². The van der Waals surface area contributed by atoms with Crippen LogP contribution < -0.4 is 20.3 Å². The maximum absolute atomic E-state index is 12.3. The van der Waals surface area contributed by atoms with Crippen molar-refractivity contribution in [1.82, 2.24) is 15.4 Å². The summed E-state index contributed by atoms with van der Waals surface area (Å²) in [6.45, 7) is 5.90. The van der Waals surface area contributed by atoms with Crippen LogP contribution in [-0.4, -0.2) is 71.6 Å². The van der Waals surface area contributed by atoms with E-state index in [1.54, 1.807) is 0 Å². The molecular weight excluding hydrogens is 402 g/mol. The van der Waals surface area contributed by atoms with E-state index in [1.165, 1.54) is 5.69 Å². The zero-order valence-corrected chi connectivity index (χ0v) is 18.7. The molecule has 9 heteroatoms. The SMILES string of the molecule is CCNC(=NCCS(=O)(=O)NCC1CCCCO1)NC1CCN(c2ccccc2)C1. The Kier molecular flexibility index (Phi) is 8.77. The third-order valence-corrected chi connectivity index (χ3v) is 6.76. The van der Waals surface area contributed by atoms with Gasteiger partial charge in [-0.3, -0.25) is 4.99 Å². The highest BCUT2D eigenvalue weighted by atomic mass is 32.2. The number of para-hydroxylation sites is 1. The summed E-state index contributed by atoms with van der Waals surface area (Å²) in [7, 11) is -3.36. The molecule has 0 amide bonds. The molecule has 1 aromatic rings. The molecule has 0 aromatic heterocycles. The van der Waals surface area contributed by atoms with Crippen LogP contribution in [0.4, 0.5) is 5.69 Å². The van der Waals surface area contributed by atoms with E-state index in [2.05, 4.69) is 49.5 Å². The number of rotatable bonds is 9. The Balaban J connectivity index is 1.44. The number of ether oxygens (including phenoxy) is 1. The minimum absolute atomic E-state index is 0.00839. The lowest BCUT2D eigenvalue weighted by atomic mass is 10.1. The first-order chi connectivity index (χ1) is 14.6. The summed E-state index contributed by atoms with van der Waals surface area (Å²) in [5.74, 6) is 0.639. The Morgan fingerprint density at radius 1 is 1.23 bits per heavy atom. The van der Waals surface area contributed by atoms with Gasteiger partial charge in [0.1, 0.15) is 0 Å². The second-order valence-electron chi connectivity index (χ2n) is 7.83. The van der Waals surface area contributed by atoms with Crippen LogP contribution in [0.2, 0.25) is 0 Å². The fourth-order valence-electron chi connectivity index (χ4n) is 3.80. The molecule has 8 nitrogen and oxygen atoms in total. The van der Waals surface area contributed by atoms with E-state index < -0.39 is 10.0 Å². The van der Waals surface area contributed by atoms with Crippen molar-refractivity contribution in [2.45, 2.75) is 44.8 Å². The molecule has 2 saturated heterocycles. The van der Waals surface area contributed by atoms with Crippen LogP contribution in [0, 0.1) is 0 Å². The number of hydrogen-bond acceptors (Lipinski definition) is 5. The van der Waals surface area contributed by atoms with Gasteiger partial charge in [-0.1, -0.05) is 18.2 Å². The largest absolute Gasteiger partial charge is 0.377 e. The zero-order valence-electron chi connectivity index (χ0n) is 17.8. The van der Waals surface area contributed by atoms with Gasteiger partial charge in [0, 0.05) is 44.5 Å². The topological polar surface area (TPSA) is 95.1 Å². The molecule has 2 atom stereocenters. The third kappa shape index (κ3) is 7.45. The van der Waals surface area contributed by atoms with E-state index in [9.17, 15) is 8.42 Å². The lowest BCUT2D eigenvalue weighted by Crippen LogP contribution is -2.45. The van der Waals surface area contributed by atoms with Gasteiger partial charge in [0.25, 0.3) is 0 Å². The van der Waals surface area contributed by atoms with Gasteiger partial charge in [-0.05, 0) is 44.7 Å². The van der Waals surface area contributed by atoms with Crippen LogP contribution in [0.5, 0.6) is 0 Å². The quantitative estimate of drug-likeness (QED) is 0.398. The predicted octanol–water partition coefficient (Wildman–Crippen LogP) is 1.31. The summed E-state index contributed by atoms with van der Waals surface area (Å²) >= 11 is 0. The first-order valence-corrected chi connectivity index (χ1v) is 12.6. The van der Waals surface area contributed by atoms with Crippen LogP contribution in [0.1, 0.15) is 32.6 Å². The average Bonchev–Trinajstić information content (AvgIpc) is 3.22. The Labute approximate surface area is 180 Å². The number of hydrogen-bond donors (Lipinski definition) is 3. The number of sulfonamides is 1. The number of nitrogens with one attached hydrogen (secondary N) is 3. The van der Waals surface area contributed by atoms with Crippen LogP contribution in [-0.2, 0) is 14.8 Å². The molecule has 168 valence electrons. The maximum atomic E-state index is 12.3. The highest BCUT2D eigenvalue weighted by Gasteiger charge is 2.23. The van der Waals surface area contributed by atoms with Crippen molar-refractivity contribution >= 4 is 21.7 Å². The molecule has 2 heterocycles. The lowest BCUT2D eigenvalue weighted by Gasteiger charge is -2.22. The molecule has 0 bridgehead atoms. The van der Waals surface area contributed by atoms with Gasteiger partial charge in [-0.2, -0.15) is 0 Å². The van der Waals surface area contributed by atoms with Gasteiger partial charge in [-0.25, -0.2) is 13.1 Å². The predicted molar refractivity (Wildman–Crippen MR) is 122 cm³/mol. The van der Waals surface area contributed by atoms with Crippen LogP contribution in [0.3, 0.4) is 0 Å². The summed E-state index contributed by atoms with van der Waals surface area (Å²) < 4.78 is 32.8. The fourth-order valence-corrected chi connectivity index (χ4v) is 4.72. The Morgan fingerprint density at radius 2 is 2.07 bits per heavy atom. The molecule has 2 aliphatic heterocycles. The summed E-state index contributed by atoms with van der Waals surface area (Å²) in [4.78, 5) is 6.83. The van der Waals surface area contributed by atoms with Crippen molar-refractivity contribution in [3.05, 3.63) is 30.3 Å². The summed E-state index contributed by atoms with van der Waals surface area (Å²) in [5.41, 5.74) is 1.22. The van der Waals surface area contributed by atoms with E-state index in [1.807, 2.05) is 13.0 Å². The fraction of sp³-hybridized carbons (Fsp3) is 0.667. The number of benzene rings is 1. The van der Waals surface area contributed by atoms with Crippen molar-refractivity contribution < 1.29 is 13.2 Å². The van der Waals surface area contributed by atoms with Gasteiger partial charge >= 0.3 is 0 Å². The maximum Gasteiger partial charge on any atom is 0.213 e. The molecule has 30 heavy (non-hydrogen) atoms. The molecule has 3 N–H and O–H groups in total. The highest BCUT2D eigenvalue weighted by molar-refractivity contribution is 7.89. The lowest BCUT2D eigenvalue weighted by molar-refractivity contribution is 0.0200. The second kappa shape index (κ2) is 11.5. The van der Waals surface area contributed by atoms with Gasteiger partial charge in [0.2, 0.25) is 10.0 Å². The highest BCUT2D eigenvalue weighted by Crippen LogP contribution is 2.19. The van der Waals surface area contributed by atoms with Crippen molar-refractivity contribution in [3.63, 3.8) is 0 Å². The number of guanidine groups is 1. The molecule has 2 aliphatic rings. The molecule has 1 aromatic carbocycles. The smallest absolute Gasteiger partial charge is 0.213 e. The van der Waals surface area contributed by atoms with E-state index in [-0.39, 0.29) is 24.4 Å². The average molecular weight is 438 g/mol. The van der Waals surface area contributed by atoms with Crippen molar-refractivity contribution in [3.8, 4) is 0 Å². The minimum Gasteiger partial charge on any atom is -0.377 e. The Morgan fingerprint density at radius 3 is 2.80 bits per heavy atom. The molecule has 2 unspecified atom stereocenters. The van der Waals surface area contributed by atoms with Crippen LogP contribution in [0.25, 0.3) is 0 Å². The Bertz CT molecular complexity index is 766. The normalized spacial score (nSPS) is 22.8. The summed E-state index contributed by atoms with van der Waals surface area (Å²) in [6.07, 6.45) is 4.07. The molecule has 0 spiro atoms. The van der Waals surface area contributed by atoms with Gasteiger partial charge in [0.05, 0.1) is 18.4 Å². The van der Waals surface area contributed by atoms with Crippen LogP contribution in [0.15, 0.2) is 35.3 Å². The first kappa shape index (κ1) is 22.8. The summed E-state index contributed by atoms with van der Waals surface area (Å²) in [6, 6.07) is 10.7. The molecule has 0 saturated carbocycles. The molecule has 2 fully saturated rings. The monoisotopic (exact) mass is 437 g/mol. The number of aliphatic imine (C=N–C) groups is 1. The van der Waals surface area contributed by atoms with E-state index in [0.29, 0.717) is 12.5 Å². The van der Waals surface area contributed by atoms with E-state index in [4.69, 9.17) is 4.74 Å². The number of anilines is 1. The number of nitrogens with zero attached hydrogens (tertiary/aromatic N) is 2. The second-order valence-corrected chi connectivity index (χ2v) is 9.75. The molecule has 0 aliphatic carbocycles. The van der Waals surface area contributed by atoms with Crippen molar-refractivity contribution in [2.75, 3.05) is 50.0 Å². The minimum atomic E-state index is -3.36. The van der Waals surface area contributed by atoms with Gasteiger partial charge < -0.3 is 20.3 Å². The van der Waals surface area contributed by atoms with Crippen LogP contribution >= 0.6 is 0 Å². The summed E-state index contributed by atoms with van der Waals surface area (Å²) in [5, 5.41) is 6.67. The molecule has 3 rings (SSSR count). The van der Waals surface area contributed by atoms with E-state index in [0.717, 1.165) is 51.9 Å². The van der Waals surface area contributed by atoms with Crippen molar-refractivity contribution in [1.29, 1.82) is 0 Å². The van der Waals surface area contributed by atoms with Crippen molar-refractivity contribution in [2.24, 2.45) is 4.99 Å². The third-order valence-electron chi connectivity index (χ3n) is 5.43. The standard InChI is InChI=1S/C21H35N5O3S/c1-2-22-21(25-18-11-13-26(17-18)19-8-4-3-5-9-19)23-12-15-30(27,28)24-16-20-10-6-7-14-29-20/h3-5,8-9,18,20,24H,2,6-7,10-17H2,1H3,(H2,22,23,25). The molecular formula is C21H35N5O3S. The Hall–Kier alpha value is -1.84. The first-order valence-electron chi connectivity index (χ1n) is 11.0. The van der Waals surface area contributed by atoms with Gasteiger partial charge in [0.15, 0.2) is 5.96 Å². The molecule has 0 radical (unpaired) electrons.